The standard InChI is InChI=1S/C18H28O2/c1-14(2)10-15-7-5-9-18(19,12-15)13-16-6-4-8-17(11-16)20-3/h4,6,8,11,14-15,19H,5,7,9-10,12-13H2,1-3H3. The summed E-state index contributed by atoms with van der Waals surface area (Å²) in [6.45, 7) is 4.55. The van der Waals surface area contributed by atoms with Crippen molar-refractivity contribution in [3.63, 3.8) is 0 Å². The SMILES string of the molecule is COc1cccc(CC2(O)CCCC(CC(C)C)C2)c1. The molecular formula is C18H28O2. The molecule has 112 valence electrons. The molecule has 0 radical (unpaired) electrons. The van der Waals surface area contributed by atoms with E-state index in [1.807, 2.05) is 18.2 Å². The van der Waals surface area contributed by atoms with Crippen LogP contribution in [0.4, 0.5) is 0 Å². The van der Waals surface area contributed by atoms with E-state index < -0.39 is 5.60 Å². The Morgan fingerprint density at radius 2 is 2.20 bits per heavy atom. The lowest BCUT2D eigenvalue weighted by atomic mass is 9.73. The Morgan fingerprint density at radius 1 is 1.40 bits per heavy atom. The lowest BCUT2D eigenvalue weighted by Crippen LogP contribution is -2.37. The van der Waals surface area contributed by atoms with Crippen LogP contribution in [0.1, 0.15) is 51.5 Å². The molecule has 0 heterocycles. The van der Waals surface area contributed by atoms with Gasteiger partial charge in [0.05, 0.1) is 12.7 Å². The monoisotopic (exact) mass is 276 g/mol. The van der Waals surface area contributed by atoms with Crippen LogP contribution in [0.3, 0.4) is 0 Å². The minimum absolute atomic E-state index is 0.524. The molecule has 20 heavy (non-hydrogen) atoms. The maximum absolute atomic E-state index is 10.9. The Morgan fingerprint density at radius 3 is 2.90 bits per heavy atom. The number of methoxy groups -OCH3 is 1. The molecule has 0 bridgehead atoms. The molecule has 1 fully saturated rings. The predicted molar refractivity (Wildman–Crippen MR) is 83.1 cm³/mol. The molecule has 2 atom stereocenters. The summed E-state index contributed by atoms with van der Waals surface area (Å²) in [7, 11) is 1.69. The zero-order chi connectivity index (χ0) is 14.6. The van der Waals surface area contributed by atoms with Crippen LogP contribution in [0.25, 0.3) is 0 Å². The number of aliphatic hydroxyl groups is 1. The fraction of sp³-hybridized carbons (Fsp3) is 0.667. The molecule has 1 aromatic rings. The second-order valence-corrected chi connectivity index (χ2v) is 6.84. The molecule has 1 aliphatic carbocycles. The van der Waals surface area contributed by atoms with Crippen molar-refractivity contribution in [3.05, 3.63) is 29.8 Å². The third-order valence-corrected chi connectivity index (χ3v) is 4.40. The molecule has 0 saturated heterocycles. The Hall–Kier alpha value is -1.02. The van der Waals surface area contributed by atoms with Gasteiger partial charge < -0.3 is 9.84 Å². The van der Waals surface area contributed by atoms with Crippen molar-refractivity contribution in [3.8, 4) is 5.75 Å². The molecule has 1 aromatic carbocycles. The molecule has 2 rings (SSSR count). The van der Waals surface area contributed by atoms with E-state index in [1.54, 1.807) is 7.11 Å². The van der Waals surface area contributed by atoms with E-state index in [2.05, 4.69) is 19.9 Å². The molecular weight excluding hydrogens is 248 g/mol. The summed E-state index contributed by atoms with van der Waals surface area (Å²) >= 11 is 0. The van der Waals surface area contributed by atoms with Crippen LogP contribution in [0.15, 0.2) is 24.3 Å². The Bertz CT molecular complexity index is 427. The van der Waals surface area contributed by atoms with Gasteiger partial charge >= 0.3 is 0 Å². The van der Waals surface area contributed by atoms with Gasteiger partial charge in [-0.25, -0.2) is 0 Å². The summed E-state index contributed by atoms with van der Waals surface area (Å²) in [5.41, 5.74) is 0.654. The quantitative estimate of drug-likeness (QED) is 0.873. The lowest BCUT2D eigenvalue weighted by Gasteiger charge is -2.37. The van der Waals surface area contributed by atoms with E-state index >= 15 is 0 Å². The first-order valence-electron chi connectivity index (χ1n) is 7.86. The van der Waals surface area contributed by atoms with Gasteiger partial charge in [0, 0.05) is 6.42 Å². The van der Waals surface area contributed by atoms with Crippen molar-refractivity contribution in [2.75, 3.05) is 7.11 Å². The van der Waals surface area contributed by atoms with E-state index in [9.17, 15) is 5.11 Å². The summed E-state index contributed by atoms with van der Waals surface area (Å²) in [5, 5.41) is 10.9. The molecule has 2 heteroatoms. The second-order valence-electron chi connectivity index (χ2n) is 6.84. The fourth-order valence-electron chi connectivity index (χ4n) is 3.65. The first-order valence-corrected chi connectivity index (χ1v) is 7.86. The zero-order valence-corrected chi connectivity index (χ0v) is 13.1. The first-order chi connectivity index (χ1) is 9.50. The summed E-state index contributed by atoms with van der Waals surface area (Å²) in [6.07, 6.45) is 6.29. The third kappa shape index (κ3) is 4.24. The van der Waals surface area contributed by atoms with Gasteiger partial charge in [0.1, 0.15) is 5.75 Å². The van der Waals surface area contributed by atoms with Crippen LogP contribution >= 0.6 is 0 Å². The number of ether oxygens (including phenoxy) is 1. The molecule has 0 aliphatic heterocycles. The average molecular weight is 276 g/mol. The highest BCUT2D eigenvalue weighted by atomic mass is 16.5. The number of rotatable bonds is 5. The van der Waals surface area contributed by atoms with Crippen molar-refractivity contribution < 1.29 is 9.84 Å². The van der Waals surface area contributed by atoms with Crippen LogP contribution in [0, 0.1) is 11.8 Å². The Balaban J connectivity index is 2.02. The zero-order valence-electron chi connectivity index (χ0n) is 13.1. The highest BCUT2D eigenvalue weighted by molar-refractivity contribution is 5.29. The second kappa shape index (κ2) is 6.62. The molecule has 0 aromatic heterocycles. The number of benzene rings is 1. The third-order valence-electron chi connectivity index (χ3n) is 4.40. The summed E-state index contributed by atoms with van der Waals surface area (Å²) in [5.74, 6) is 2.28. The molecule has 1 aliphatic rings. The minimum Gasteiger partial charge on any atom is -0.497 e. The van der Waals surface area contributed by atoms with Crippen LogP contribution in [-0.4, -0.2) is 17.8 Å². The van der Waals surface area contributed by atoms with E-state index in [0.717, 1.165) is 37.4 Å². The van der Waals surface area contributed by atoms with Gasteiger partial charge in [-0.15, -0.1) is 0 Å². The molecule has 1 saturated carbocycles. The van der Waals surface area contributed by atoms with Crippen molar-refractivity contribution in [2.24, 2.45) is 11.8 Å². The van der Waals surface area contributed by atoms with Gasteiger partial charge in [0.2, 0.25) is 0 Å². The van der Waals surface area contributed by atoms with Gasteiger partial charge in [-0.1, -0.05) is 38.8 Å². The molecule has 0 amide bonds. The summed E-state index contributed by atoms with van der Waals surface area (Å²) in [4.78, 5) is 0. The predicted octanol–water partition coefficient (Wildman–Crippen LogP) is 4.21. The number of hydrogen-bond acceptors (Lipinski definition) is 2. The van der Waals surface area contributed by atoms with E-state index in [4.69, 9.17) is 4.74 Å². The van der Waals surface area contributed by atoms with Gasteiger partial charge in [0.15, 0.2) is 0 Å². The highest BCUT2D eigenvalue weighted by Crippen LogP contribution is 2.38. The topological polar surface area (TPSA) is 29.5 Å². The molecule has 2 unspecified atom stereocenters. The van der Waals surface area contributed by atoms with Crippen LogP contribution < -0.4 is 4.74 Å². The van der Waals surface area contributed by atoms with Gasteiger partial charge in [-0.05, 0) is 48.8 Å². The van der Waals surface area contributed by atoms with Crippen molar-refractivity contribution in [1.82, 2.24) is 0 Å². The first kappa shape index (κ1) is 15.4. The van der Waals surface area contributed by atoms with E-state index in [-0.39, 0.29) is 0 Å². The highest BCUT2D eigenvalue weighted by Gasteiger charge is 2.34. The maximum Gasteiger partial charge on any atom is 0.119 e. The van der Waals surface area contributed by atoms with Crippen LogP contribution in [0.5, 0.6) is 5.75 Å². The van der Waals surface area contributed by atoms with E-state index in [0.29, 0.717) is 5.92 Å². The lowest BCUT2D eigenvalue weighted by molar-refractivity contribution is -0.0189. The summed E-state index contributed by atoms with van der Waals surface area (Å²) < 4.78 is 5.27. The molecule has 0 spiro atoms. The van der Waals surface area contributed by atoms with Crippen molar-refractivity contribution in [1.29, 1.82) is 0 Å². The fourth-order valence-corrected chi connectivity index (χ4v) is 3.65. The van der Waals surface area contributed by atoms with E-state index in [1.165, 1.54) is 18.4 Å². The average Bonchev–Trinajstić information content (AvgIpc) is 2.37. The smallest absolute Gasteiger partial charge is 0.119 e. The maximum atomic E-state index is 10.9. The van der Waals surface area contributed by atoms with Gasteiger partial charge in [-0.3, -0.25) is 0 Å². The normalized spacial score (nSPS) is 26.8. The summed E-state index contributed by atoms with van der Waals surface area (Å²) in [6, 6.07) is 8.10. The number of hydrogen-bond donors (Lipinski definition) is 1. The Labute approximate surface area is 123 Å². The van der Waals surface area contributed by atoms with Crippen molar-refractivity contribution >= 4 is 0 Å². The van der Waals surface area contributed by atoms with Crippen molar-refractivity contribution in [2.45, 2.75) is 58.0 Å². The van der Waals surface area contributed by atoms with Gasteiger partial charge in [0.25, 0.3) is 0 Å². The van der Waals surface area contributed by atoms with Gasteiger partial charge in [-0.2, -0.15) is 0 Å². The largest absolute Gasteiger partial charge is 0.497 e. The molecule has 2 nitrogen and oxygen atoms in total. The van der Waals surface area contributed by atoms with Crippen LogP contribution in [-0.2, 0) is 6.42 Å². The van der Waals surface area contributed by atoms with Crippen LogP contribution in [0.2, 0.25) is 0 Å². The Kier molecular flexibility index (Phi) is 5.09. The minimum atomic E-state index is -0.524. The molecule has 1 N–H and O–H groups in total.